The molecular weight excluding hydrogens is 281 g/mol. The van der Waals surface area contributed by atoms with Crippen LogP contribution in [-0.4, -0.2) is 9.78 Å². The second-order valence-corrected chi connectivity index (χ2v) is 5.29. The molecule has 0 atom stereocenters. The van der Waals surface area contributed by atoms with E-state index in [1.807, 2.05) is 0 Å². The lowest BCUT2D eigenvalue weighted by Gasteiger charge is -2.12. The summed E-state index contributed by atoms with van der Waals surface area (Å²) in [5, 5.41) is 2.87. The van der Waals surface area contributed by atoms with Gasteiger partial charge in [-0.2, -0.15) is 13.2 Å². The summed E-state index contributed by atoms with van der Waals surface area (Å²) in [5.74, 6) is 0. The van der Waals surface area contributed by atoms with Crippen molar-refractivity contribution >= 4 is 0 Å². The van der Waals surface area contributed by atoms with Crippen LogP contribution in [0.2, 0.25) is 0 Å². The highest BCUT2D eigenvalue weighted by atomic mass is 19.4. The highest BCUT2D eigenvalue weighted by molar-refractivity contribution is 5.43. The molecule has 1 aliphatic rings. The van der Waals surface area contributed by atoms with Gasteiger partial charge >= 0.3 is 6.18 Å². The number of nitrogens with one attached hydrogen (secondary N) is 1. The van der Waals surface area contributed by atoms with Crippen molar-refractivity contribution in [3.8, 4) is 5.69 Å². The Morgan fingerprint density at radius 3 is 2.52 bits per heavy atom. The number of alkyl halides is 3. The van der Waals surface area contributed by atoms with Gasteiger partial charge in [0, 0.05) is 11.3 Å². The maximum absolute atomic E-state index is 13.1. The van der Waals surface area contributed by atoms with Crippen molar-refractivity contribution < 1.29 is 13.2 Å². The molecule has 0 unspecified atom stereocenters. The number of aromatic amines is 1. The van der Waals surface area contributed by atoms with Crippen molar-refractivity contribution in [1.82, 2.24) is 9.78 Å². The number of fused-ring (bicyclic) bond motifs is 1. The van der Waals surface area contributed by atoms with E-state index in [4.69, 9.17) is 0 Å². The van der Waals surface area contributed by atoms with Crippen LogP contribution in [0.5, 0.6) is 0 Å². The molecule has 2 aromatic rings. The average Bonchev–Trinajstić information content (AvgIpc) is 2.63. The van der Waals surface area contributed by atoms with Gasteiger partial charge in [0.05, 0.1) is 11.3 Å². The predicted molar refractivity (Wildman–Crippen MR) is 72.7 cm³/mol. The lowest BCUT2D eigenvalue weighted by Crippen LogP contribution is -2.21. The van der Waals surface area contributed by atoms with Crippen molar-refractivity contribution in [2.24, 2.45) is 0 Å². The van der Waals surface area contributed by atoms with Crippen molar-refractivity contribution in [3.63, 3.8) is 0 Å². The van der Waals surface area contributed by atoms with E-state index < -0.39 is 11.7 Å². The fourth-order valence-corrected chi connectivity index (χ4v) is 2.84. The number of halogens is 3. The van der Waals surface area contributed by atoms with Gasteiger partial charge in [-0.25, -0.2) is 4.68 Å². The first-order valence-electron chi connectivity index (χ1n) is 6.98. The number of aryl methyl sites for hydroxylation is 1. The molecule has 3 rings (SSSR count). The monoisotopic (exact) mass is 296 g/mol. The number of rotatable bonds is 1. The zero-order chi connectivity index (χ0) is 15.0. The molecule has 0 fully saturated rings. The van der Waals surface area contributed by atoms with Gasteiger partial charge in [-0.05, 0) is 37.8 Å². The minimum Gasteiger partial charge on any atom is -0.295 e. The third-order valence-electron chi connectivity index (χ3n) is 3.88. The first-order chi connectivity index (χ1) is 9.98. The Morgan fingerprint density at radius 1 is 1.05 bits per heavy atom. The Balaban J connectivity index is 2.17. The summed E-state index contributed by atoms with van der Waals surface area (Å²) in [6, 6.07) is 5.14. The summed E-state index contributed by atoms with van der Waals surface area (Å²) >= 11 is 0. The van der Waals surface area contributed by atoms with E-state index in [0.717, 1.165) is 35.7 Å². The van der Waals surface area contributed by atoms with Gasteiger partial charge in [-0.15, -0.1) is 0 Å². The topological polar surface area (TPSA) is 37.8 Å². The number of nitrogens with zero attached hydrogens (tertiary/aromatic N) is 1. The zero-order valence-electron chi connectivity index (χ0n) is 11.3. The van der Waals surface area contributed by atoms with Gasteiger partial charge in [0.2, 0.25) is 0 Å². The number of hydrogen-bond donors (Lipinski definition) is 1. The van der Waals surface area contributed by atoms with Gasteiger partial charge in [0.25, 0.3) is 5.56 Å². The Hall–Kier alpha value is -1.98. The Labute approximate surface area is 119 Å². The predicted octanol–water partition coefficient (Wildman–Crippen LogP) is 3.45. The molecule has 0 saturated heterocycles. The van der Waals surface area contributed by atoms with Crippen molar-refractivity contribution in [2.45, 2.75) is 38.3 Å². The third-order valence-corrected chi connectivity index (χ3v) is 3.88. The Kier molecular flexibility index (Phi) is 3.39. The van der Waals surface area contributed by atoms with E-state index in [0.29, 0.717) is 18.4 Å². The van der Waals surface area contributed by atoms with E-state index >= 15 is 0 Å². The minimum atomic E-state index is -4.49. The highest BCUT2D eigenvalue weighted by Crippen LogP contribution is 2.33. The molecule has 0 spiro atoms. The number of para-hydroxylation sites is 1. The van der Waals surface area contributed by atoms with Gasteiger partial charge in [-0.3, -0.25) is 9.89 Å². The molecular formula is C15H15F3N2O. The molecule has 6 heteroatoms. The second-order valence-electron chi connectivity index (χ2n) is 5.29. The van der Waals surface area contributed by atoms with Crippen LogP contribution >= 0.6 is 0 Å². The number of hydrogen-bond acceptors (Lipinski definition) is 1. The fourth-order valence-electron chi connectivity index (χ4n) is 2.84. The van der Waals surface area contributed by atoms with E-state index in [2.05, 4.69) is 5.10 Å². The van der Waals surface area contributed by atoms with Gasteiger partial charge in [0.15, 0.2) is 0 Å². The smallest absolute Gasteiger partial charge is 0.295 e. The summed E-state index contributed by atoms with van der Waals surface area (Å²) in [4.78, 5) is 12.4. The highest BCUT2D eigenvalue weighted by Gasteiger charge is 2.34. The van der Waals surface area contributed by atoms with Crippen LogP contribution in [0.1, 0.15) is 36.1 Å². The van der Waals surface area contributed by atoms with E-state index in [1.165, 1.54) is 18.2 Å². The molecule has 0 amide bonds. The van der Waals surface area contributed by atoms with Crippen molar-refractivity contribution in [1.29, 1.82) is 0 Å². The van der Waals surface area contributed by atoms with Crippen LogP contribution in [0.4, 0.5) is 13.2 Å². The van der Waals surface area contributed by atoms with Gasteiger partial charge in [0.1, 0.15) is 0 Å². The van der Waals surface area contributed by atoms with Gasteiger partial charge in [-0.1, -0.05) is 18.6 Å². The maximum atomic E-state index is 13.1. The standard InChI is InChI=1S/C15H15F3N2O/c16-15(17,18)11-7-4-5-9-13(11)20-14(21)10-6-2-1-3-8-12(10)19-20/h4-5,7,9,19H,1-3,6,8H2. The molecule has 0 aliphatic heterocycles. The Morgan fingerprint density at radius 2 is 1.76 bits per heavy atom. The van der Waals surface area contributed by atoms with E-state index in [1.54, 1.807) is 0 Å². The normalized spacial score (nSPS) is 15.6. The quantitative estimate of drug-likeness (QED) is 0.804. The first-order valence-corrected chi connectivity index (χ1v) is 6.98. The lowest BCUT2D eigenvalue weighted by atomic mass is 10.1. The van der Waals surface area contributed by atoms with Crippen LogP contribution in [0.3, 0.4) is 0 Å². The lowest BCUT2D eigenvalue weighted by molar-refractivity contribution is -0.137. The number of benzene rings is 1. The van der Waals surface area contributed by atoms with Crippen LogP contribution < -0.4 is 5.56 Å². The molecule has 0 saturated carbocycles. The Bertz CT molecular complexity index is 712. The molecule has 112 valence electrons. The van der Waals surface area contributed by atoms with Crippen molar-refractivity contribution in [3.05, 3.63) is 51.4 Å². The van der Waals surface area contributed by atoms with E-state index in [-0.39, 0.29) is 11.2 Å². The molecule has 1 heterocycles. The SMILES string of the molecule is O=c1c2c([nH]n1-c1ccccc1C(F)(F)F)CCCCC2. The fraction of sp³-hybridized carbons (Fsp3) is 0.400. The molecule has 21 heavy (non-hydrogen) atoms. The van der Waals surface area contributed by atoms with Crippen LogP contribution in [0, 0.1) is 0 Å². The molecule has 3 nitrogen and oxygen atoms in total. The number of aromatic nitrogens is 2. The van der Waals surface area contributed by atoms with Crippen LogP contribution in [0.15, 0.2) is 29.1 Å². The molecule has 0 radical (unpaired) electrons. The molecule has 1 N–H and O–H groups in total. The summed E-state index contributed by atoms with van der Waals surface area (Å²) < 4.78 is 40.3. The average molecular weight is 296 g/mol. The number of H-pyrrole nitrogens is 1. The third kappa shape index (κ3) is 2.50. The van der Waals surface area contributed by atoms with Crippen molar-refractivity contribution in [2.75, 3.05) is 0 Å². The summed E-state index contributed by atoms with van der Waals surface area (Å²) in [7, 11) is 0. The summed E-state index contributed by atoms with van der Waals surface area (Å²) in [5.41, 5.74) is 0.106. The molecule has 1 aromatic carbocycles. The minimum absolute atomic E-state index is 0.136. The maximum Gasteiger partial charge on any atom is 0.418 e. The summed E-state index contributed by atoms with van der Waals surface area (Å²) in [6.45, 7) is 0. The van der Waals surface area contributed by atoms with Crippen LogP contribution in [0.25, 0.3) is 5.69 Å². The van der Waals surface area contributed by atoms with Gasteiger partial charge < -0.3 is 0 Å². The van der Waals surface area contributed by atoms with E-state index in [9.17, 15) is 18.0 Å². The molecule has 1 aliphatic carbocycles. The molecule has 1 aromatic heterocycles. The molecule has 0 bridgehead atoms. The van der Waals surface area contributed by atoms with Crippen LogP contribution in [-0.2, 0) is 19.0 Å². The largest absolute Gasteiger partial charge is 0.418 e. The second kappa shape index (κ2) is 5.09. The first kappa shape index (κ1) is 14.0. The summed E-state index contributed by atoms with van der Waals surface area (Å²) in [6.07, 6.45) is -0.244. The zero-order valence-corrected chi connectivity index (χ0v) is 11.3.